The van der Waals surface area contributed by atoms with Crippen LogP contribution in [-0.4, -0.2) is 29.9 Å². The van der Waals surface area contributed by atoms with E-state index in [1.54, 1.807) is 12.1 Å². The molecule has 8 heteroatoms. The van der Waals surface area contributed by atoms with Gasteiger partial charge in [0.25, 0.3) is 10.0 Å². The highest BCUT2D eigenvalue weighted by Gasteiger charge is 2.20. The quantitative estimate of drug-likeness (QED) is 0.837. The number of anilines is 2. The molecule has 0 atom stereocenters. The van der Waals surface area contributed by atoms with Crippen LogP contribution >= 0.6 is 0 Å². The molecule has 0 aromatic carbocycles. The molecule has 0 bridgehead atoms. The zero-order valence-electron chi connectivity index (χ0n) is 10.9. The van der Waals surface area contributed by atoms with Gasteiger partial charge in [-0.3, -0.25) is 9.71 Å². The minimum atomic E-state index is -3.80. The van der Waals surface area contributed by atoms with Crippen molar-refractivity contribution < 1.29 is 8.42 Å². The summed E-state index contributed by atoms with van der Waals surface area (Å²) in [4.78, 5) is 11.6. The molecule has 0 aliphatic heterocycles. The highest BCUT2D eigenvalue weighted by atomic mass is 32.2. The Hall–Kier alpha value is -2.22. The van der Waals surface area contributed by atoms with Crippen molar-refractivity contribution in [2.24, 2.45) is 0 Å². The molecule has 0 amide bonds. The summed E-state index contributed by atoms with van der Waals surface area (Å²) in [6.07, 6.45) is 6.52. The predicted octanol–water partition coefficient (Wildman–Crippen LogP) is 1.49. The number of nitrogens with zero attached hydrogens (tertiary/aromatic N) is 3. The van der Waals surface area contributed by atoms with Gasteiger partial charge >= 0.3 is 0 Å². The maximum atomic E-state index is 12.3. The lowest BCUT2D eigenvalue weighted by molar-refractivity contribution is 0.597. The summed E-state index contributed by atoms with van der Waals surface area (Å²) in [7, 11) is -3.80. The summed E-state index contributed by atoms with van der Waals surface area (Å²) in [6, 6.07) is 3.35. The van der Waals surface area contributed by atoms with E-state index in [1.165, 1.54) is 24.8 Å². The molecule has 2 aromatic rings. The third-order valence-electron chi connectivity index (χ3n) is 2.39. The average molecular weight is 293 g/mol. The van der Waals surface area contributed by atoms with Gasteiger partial charge in [0.1, 0.15) is 0 Å². The Morgan fingerprint density at radius 3 is 2.75 bits per heavy atom. The Kier molecular flexibility index (Phi) is 4.46. The van der Waals surface area contributed by atoms with Crippen molar-refractivity contribution in [2.75, 3.05) is 16.6 Å². The van der Waals surface area contributed by atoms with E-state index in [2.05, 4.69) is 25.0 Å². The van der Waals surface area contributed by atoms with Gasteiger partial charge in [0, 0.05) is 25.1 Å². The fraction of sp³-hybridized carbons (Fsp3) is 0.250. The molecule has 2 rings (SSSR count). The third kappa shape index (κ3) is 3.41. The Morgan fingerprint density at radius 2 is 2.05 bits per heavy atom. The zero-order chi connectivity index (χ0) is 14.4. The molecule has 20 heavy (non-hydrogen) atoms. The Balaban J connectivity index is 2.30. The molecule has 2 N–H and O–H groups in total. The lowest BCUT2D eigenvalue weighted by Gasteiger charge is -2.11. The number of aromatic nitrogens is 3. The normalized spacial score (nSPS) is 11.1. The predicted molar refractivity (Wildman–Crippen MR) is 75.9 cm³/mol. The topological polar surface area (TPSA) is 96.9 Å². The molecule has 0 aliphatic carbocycles. The van der Waals surface area contributed by atoms with Gasteiger partial charge in [-0.2, -0.15) is 8.42 Å². The van der Waals surface area contributed by atoms with Crippen LogP contribution in [0.15, 0.2) is 41.9 Å². The van der Waals surface area contributed by atoms with Crippen LogP contribution in [0.5, 0.6) is 0 Å². The van der Waals surface area contributed by atoms with Crippen LogP contribution in [0.25, 0.3) is 0 Å². The zero-order valence-corrected chi connectivity index (χ0v) is 11.8. The minimum absolute atomic E-state index is 0.0564. The van der Waals surface area contributed by atoms with Crippen LogP contribution < -0.4 is 10.0 Å². The molecule has 0 unspecified atom stereocenters. The molecule has 0 fully saturated rings. The second-order valence-corrected chi connectivity index (χ2v) is 5.58. The van der Waals surface area contributed by atoms with Crippen molar-refractivity contribution in [3.8, 4) is 0 Å². The van der Waals surface area contributed by atoms with Crippen molar-refractivity contribution in [1.29, 1.82) is 0 Å². The lowest BCUT2D eigenvalue weighted by Crippen LogP contribution is -2.18. The number of hydrogen-bond donors (Lipinski definition) is 2. The molecule has 0 aliphatic rings. The molecule has 2 aromatic heterocycles. The van der Waals surface area contributed by atoms with Gasteiger partial charge < -0.3 is 5.32 Å². The SMILES string of the molecule is CCCNc1cccnc1S(=O)(=O)Nc1cnccn1. The van der Waals surface area contributed by atoms with Crippen molar-refractivity contribution in [3.63, 3.8) is 0 Å². The summed E-state index contributed by atoms with van der Waals surface area (Å²) < 4.78 is 27.0. The number of sulfonamides is 1. The highest BCUT2D eigenvalue weighted by Crippen LogP contribution is 2.20. The number of hydrogen-bond acceptors (Lipinski definition) is 6. The second-order valence-electron chi connectivity index (χ2n) is 3.98. The molecular weight excluding hydrogens is 278 g/mol. The maximum Gasteiger partial charge on any atom is 0.282 e. The standard InChI is InChI=1S/C12H15N5O2S/c1-2-5-14-10-4-3-6-16-12(10)20(18,19)17-11-9-13-7-8-15-11/h3-4,6-9,14H,2,5H2,1H3,(H,15,17). The van der Waals surface area contributed by atoms with Gasteiger partial charge in [0.2, 0.25) is 0 Å². The lowest BCUT2D eigenvalue weighted by atomic mass is 10.4. The molecular formula is C12H15N5O2S. The Morgan fingerprint density at radius 1 is 1.20 bits per heavy atom. The monoisotopic (exact) mass is 293 g/mol. The molecule has 0 saturated heterocycles. The molecule has 106 valence electrons. The Bertz CT molecular complexity index is 661. The van der Waals surface area contributed by atoms with E-state index in [0.717, 1.165) is 6.42 Å². The van der Waals surface area contributed by atoms with E-state index in [0.29, 0.717) is 12.2 Å². The number of pyridine rings is 1. The number of nitrogens with one attached hydrogen (secondary N) is 2. The van der Waals surface area contributed by atoms with E-state index in [1.807, 2.05) is 6.92 Å². The van der Waals surface area contributed by atoms with Crippen LogP contribution in [0.1, 0.15) is 13.3 Å². The third-order valence-corrected chi connectivity index (χ3v) is 3.71. The van der Waals surface area contributed by atoms with Gasteiger partial charge in [-0.25, -0.2) is 9.97 Å². The van der Waals surface area contributed by atoms with E-state index < -0.39 is 10.0 Å². The first-order valence-corrected chi connectivity index (χ1v) is 7.59. The van der Waals surface area contributed by atoms with Crippen molar-refractivity contribution in [3.05, 3.63) is 36.9 Å². The fourth-order valence-electron chi connectivity index (χ4n) is 1.54. The summed E-state index contributed by atoms with van der Waals surface area (Å²) >= 11 is 0. The van der Waals surface area contributed by atoms with Crippen molar-refractivity contribution in [2.45, 2.75) is 18.4 Å². The van der Waals surface area contributed by atoms with E-state index in [4.69, 9.17) is 0 Å². The van der Waals surface area contributed by atoms with E-state index >= 15 is 0 Å². The van der Waals surface area contributed by atoms with Gasteiger partial charge in [0.15, 0.2) is 10.8 Å². The van der Waals surface area contributed by atoms with Gasteiger partial charge in [0.05, 0.1) is 11.9 Å². The van der Waals surface area contributed by atoms with Crippen LogP contribution in [0.3, 0.4) is 0 Å². The van der Waals surface area contributed by atoms with Crippen molar-refractivity contribution >= 4 is 21.5 Å². The van der Waals surface area contributed by atoms with E-state index in [-0.39, 0.29) is 10.8 Å². The first-order chi connectivity index (χ1) is 9.63. The first-order valence-electron chi connectivity index (χ1n) is 6.11. The molecule has 7 nitrogen and oxygen atoms in total. The summed E-state index contributed by atoms with van der Waals surface area (Å²) in [5.41, 5.74) is 0.464. The summed E-state index contributed by atoms with van der Waals surface area (Å²) in [5, 5.41) is 2.98. The average Bonchev–Trinajstić information content (AvgIpc) is 2.46. The summed E-state index contributed by atoms with van der Waals surface area (Å²) in [5.74, 6) is 0.152. The van der Waals surface area contributed by atoms with Gasteiger partial charge in [-0.15, -0.1) is 0 Å². The van der Waals surface area contributed by atoms with Crippen LogP contribution in [0.2, 0.25) is 0 Å². The van der Waals surface area contributed by atoms with E-state index in [9.17, 15) is 8.42 Å². The smallest absolute Gasteiger partial charge is 0.282 e. The van der Waals surface area contributed by atoms with Crippen LogP contribution in [0.4, 0.5) is 11.5 Å². The van der Waals surface area contributed by atoms with Gasteiger partial charge in [-0.1, -0.05) is 6.92 Å². The molecule has 0 radical (unpaired) electrons. The fourth-order valence-corrected chi connectivity index (χ4v) is 2.64. The highest BCUT2D eigenvalue weighted by molar-refractivity contribution is 7.92. The first kappa shape index (κ1) is 14.2. The molecule has 0 spiro atoms. The van der Waals surface area contributed by atoms with Gasteiger partial charge in [-0.05, 0) is 18.6 Å². The molecule has 2 heterocycles. The van der Waals surface area contributed by atoms with Crippen LogP contribution in [-0.2, 0) is 10.0 Å². The number of rotatable bonds is 6. The maximum absolute atomic E-state index is 12.3. The summed E-state index contributed by atoms with van der Waals surface area (Å²) in [6.45, 7) is 2.66. The Labute approximate surface area is 117 Å². The largest absolute Gasteiger partial charge is 0.383 e. The van der Waals surface area contributed by atoms with Crippen LogP contribution in [0, 0.1) is 0 Å². The second kappa shape index (κ2) is 6.29. The minimum Gasteiger partial charge on any atom is -0.383 e. The molecule has 0 saturated carbocycles. The van der Waals surface area contributed by atoms with Crippen molar-refractivity contribution in [1.82, 2.24) is 15.0 Å².